The summed E-state index contributed by atoms with van der Waals surface area (Å²) in [4.78, 5) is 0. The van der Waals surface area contributed by atoms with Crippen molar-refractivity contribution < 1.29 is 39.4 Å². The number of ether oxygens (including phenoxy) is 4. The Morgan fingerprint density at radius 2 is 1.72 bits per heavy atom. The molecule has 0 radical (unpaired) electrons. The van der Waals surface area contributed by atoms with Crippen molar-refractivity contribution in [3.8, 4) is 5.75 Å². The Morgan fingerprint density at radius 3 is 2.41 bits per heavy atom. The third-order valence-electron chi connectivity index (χ3n) is 4.42. The lowest BCUT2D eigenvalue weighted by Crippen LogP contribution is -2.59. The summed E-state index contributed by atoms with van der Waals surface area (Å²) in [6.07, 6.45) is -5.78. The van der Waals surface area contributed by atoms with Gasteiger partial charge in [0.25, 0.3) is 0 Å². The number of azo groups is 1. The van der Waals surface area contributed by atoms with Crippen LogP contribution in [0.5, 0.6) is 5.75 Å². The first-order chi connectivity index (χ1) is 14.1. The molecule has 0 bridgehead atoms. The summed E-state index contributed by atoms with van der Waals surface area (Å²) in [6, 6.07) is 7.48. The van der Waals surface area contributed by atoms with E-state index in [9.17, 15) is 20.4 Å². The average molecular weight is 414 g/mol. The molecule has 0 aromatic heterocycles. The van der Waals surface area contributed by atoms with Gasteiger partial charge in [0.2, 0.25) is 0 Å². The quantitative estimate of drug-likeness (QED) is 0.265. The molecule has 0 spiro atoms. The number of rotatable bonds is 12. The molecule has 1 saturated heterocycles. The molecule has 1 aromatic rings. The van der Waals surface area contributed by atoms with Crippen molar-refractivity contribution >= 4 is 0 Å². The Bertz CT molecular complexity index is 598. The van der Waals surface area contributed by atoms with Gasteiger partial charge in [-0.25, -0.2) is 0 Å². The van der Waals surface area contributed by atoms with Crippen molar-refractivity contribution in [2.24, 2.45) is 10.2 Å². The van der Waals surface area contributed by atoms with Gasteiger partial charge >= 0.3 is 0 Å². The third-order valence-corrected chi connectivity index (χ3v) is 4.42. The Labute approximate surface area is 169 Å². The average Bonchev–Trinajstić information content (AvgIpc) is 2.74. The number of hydrogen-bond donors (Lipinski definition) is 4. The van der Waals surface area contributed by atoms with Crippen LogP contribution in [0, 0.1) is 0 Å². The van der Waals surface area contributed by atoms with Crippen molar-refractivity contribution in [3.05, 3.63) is 29.8 Å². The summed E-state index contributed by atoms with van der Waals surface area (Å²) in [5, 5.41) is 46.1. The van der Waals surface area contributed by atoms with Crippen molar-refractivity contribution in [1.29, 1.82) is 0 Å². The first-order valence-electron chi connectivity index (χ1n) is 9.54. The first-order valence-corrected chi connectivity index (χ1v) is 9.54. The molecule has 0 aliphatic carbocycles. The van der Waals surface area contributed by atoms with Crippen LogP contribution in [-0.2, 0) is 20.6 Å². The van der Waals surface area contributed by atoms with E-state index in [-0.39, 0.29) is 6.61 Å². The minimum absolute atomic E-state index is 0.228. The molecule has 1 fully saturated rings. The molecule has 1 heterocycles. The van der Waals surface area contributed by atoms with E-state index >= 15 is 0 Å². The highest BCUT2D eigenvalue weighted by Gasteiger charge is 2.43. The van der Waals surface area contributed by atoms with E-state index in [2.05, 4.69) is 10.2 Å². The van der Waals surface area contributed by atoms with Gasteiger partial charge in [-0.05, 0) is 24.1 Å². The molecule has 0 unspecified atom stereocenters. The SMILES string of the molecule is CN=NCCOCCOc1ccc(CCO[C@@H]2O[C@H](CO)[C@@H](O)[C@H](O)[C@H]2O)cc1. The van der Waals surface area contributed by atoms with Gasteiger partial charge in [-0.3, -0.25) is 0 Å². The second kappa shape index (κ2) is 12.8. The van der Waals surface area contributed by atoms with Gasteiger partial charge in [-0.15, -0.1) is 0 Å². The van der Waals surface area contributed by atoms with Crippen molar-refractivity contribution in [3.63, 3.8) is 0 Å². The lowest BCUT2D eigenvalue weighted by molar-refractivity contribution is -0.300. The number of nitrogens with zero attached hydrogens (tertiary/aromatic N) is 2. The second-order valence-electron chi connectivity index (χ2n) is 6.49. The summed E-state index contributed by atoms with van der Waals surface area (Å²) >= 11 is 0. The van der Waals surface area contributed by atoms with E-state index in [0.29, 0.717) is 32.8 Å². The van der Waals surface area contributed by atoms with Gasteiger partial charge < -0.3 is 39.4 Å². The smallest absolute Gasteiger partial charge is 0.186 e. The maximum atomic E-state index is 9.94. The van der Waals surface area contributed by atoms with Gasteiger partial charge in [0.1, 0.15) is 36.8 Å². The van der Waals surface area contributed by atoms with Crippen LogP contribution in [0.15, 0.2) is 34.5 Å². The normalized spacial score (nSPS) is 27.4. The molecule has 2 rings (SSSR count). The maximum Gasteiger partial charge on any atom is 0.186 e. The predicted molar refractivity (Wildman–Crippen MR) is 102 cm³/mol. The highest BCUT2D eigenvalue weighted by atomic mass is 16.7. The fourth-order valence-electron chi connectivity index (χ4n) is 2.78. The minimum Gasteiger partial charge on any atom is -0.491 e. The predicted octanol–water partition coefficient (Wildman–Crippen LogP) is -0.477. The van der Waals surface area contributed by atoms with Crippen molar-refractivity contribution in [2.75, 3.05) is 46.6 Å². The third kappa shape index (κ3) is 7.59. The first kappa shape index (κ1) is 23.6. The molecule has 0 saturated carbocycles. The van der Waals surface area contributed by atoms with Crippen LogP contribution in [0.1, 0.15) is 5.56 Å². The van der Waals surface area contributed by atoms with Crippen LogP contribution in [0.25, 0.3) is 0 Å². The summed E-state index contributed by atoms with van der Waals surface area (Å²) in [5.74, 6) is 0.723. The van der Waals surface area contributed by atoms with Gasteiger partial charge in [-0.2, -0.15) is 10.2 Å². The zero-order valence-electron chi connectivity index (χ0n) is 16.5. The summed E-state index contributed by atoms with van der Waals surface area (Å²) in [6.45, 7) is 1.69. The molecule has 10 heteroatoms. The number of hydrogen-bond acceptors (Lipinski definition) is 10. The van der Waals surface area contributed by atoms with E-state index in [1.165, 1.54) is 0 Å². The van der Waals surface area contributed by atoms with Crippen LogP contribution >= 0.6 is 0 Å². The van der Waals surface area contributed by atoms with Gasteiger partial charge in [0, 0.05) is 7.05 Å². The lowest BCUT2D eigenvalue weighted by atomic mass is 9.99. The Kier molecular flexibility index (Phi) is 10.4. The number of aliphatic hydroxyl groups is 4. The summed E-state index contributed by atoms with van der Waals surface area (Å²) < 4.78 is 21.7. The van der Waals surface area contributed by atoms with E-state index in [1.54, 1.807) is 7.05 Å². The van der Waals surface area contributed by atoms with Gasteiger partial charge in [0.15, 0.2) is 6.29 Å². The Morgan fingerprint density at radius 1 is 0.966 bits per heavy atom. The van der Waals surface area contributed by atoms with E-state index in [4.69, 9.17) is 18.9 Å². The van der Waals surface area contributed by atoms with Crippen LogP contribution in [-0.4, -0.2) is 97.8 Å². The van der Waals surface area contributed by atoms with Crippen LogP contribution in [0.3, 0.4) is 0 Å². The molecule has 5 atom stereocenters. The fourth-order valence-corrected chi connectivity index (χ4v) is 2.78. The standard InChI is InChI=1S/C19H30N2O8/c1-20-21-7-9-26-10-11-27-14-4-2-13(3-5-14)6-8-28-19-18(25)17(24)16(23)15(12-22)29-19/h2-5,15-19,22-25H,6-12H2,1H3/t15-,16-,17+,18-,19-/m1/s1. The summed E-state index contributed by atoms with van der Waals surface area (Å²) in [7, 11) is 1.62. The van der Waals surface area contributed by atoms with Gasteiger partial charge in [-0.1, -0.05) is 12.1 Å². The fraction of sp³-hybridized carbons (Fsp3) is 0.684. The van der Waals surface area contributed by atoms with Gasteiger partial charge in [0.05, 0.1) is 33.0 Å². The maximum absolute atomic E-state index is 9.94. The lowest BCUT2D eigenvalue weighted by Gasteiger charge is -2.39. The molecule has 0 amide bonds. The van der Waals surface area contributed by atoms with Crippen LogP contribution in [0.2, 0.25) is 0 Å². The van der Waals surface area contributed by atoms with Crippen molar-refractivity contribution in [1.82, 2.24) is 0 Å². The van der Waals surface area contributed by atoms with E-state index in [0.717, 1.165) is 11.3 Å². The van der Waals surface area contributed by atoms with E-state index in [1.807, 2.05) is 24.3 Å². The molecule has 29 heavy (non-hydrogen) atoms. The molecular formula is C19H30N2O8. The summed E-state index contributed by atoms with van der Waals surface area (Å²) in [5.41, 5.74) is 0.989. The molecule has 164 valence electrons. The molecule has 1 aliphatic rings. The largest absolute Gasteiger partial charge is 0.491 e. The highest BCUT2D eigenvalue weighted by molar-refractivity contribution is 5.27. The molecule has 1 aliphatic heterocycles. The number of aliphatic hydroxyl groups excluding tert-OH is 4. The molecular weight excluding hydrogens is 384 g/mol. The number of benzene rings is 1. The minimum atomic E-state index is -1.44. The monoisotopic (exact) mass is 414 g/mol. The molecule has 4 N–H and O–H groups in total. The highest BCUT2D eigenvalue weighted by Crippen LogP contribution is 2.22. The second-order valence-corrected chi connectivity index (χ2v) is 6.49. The Balaban J connectivity index is 1.67. The van der Waals surface area contributed by atoms with Crippen molar-refractivity contribution in [2.45, 2.75) is 37.1 Å². The van der Waals surface area contributed by atoms with E-state index < -0.39 is 37.3 Å². The van der Waals surface area contributed by atoms with Crippen LogP contribution in [0.4, 0.5) is 0 Å². The zero-order valence-corrected chi connectivity index (χ0v) is 16.5. The molecule has 10 nitrogen and oxygen atoms in total. The molecule has 1 aromatic carbocycles. The Hall–Kier alpha value is -1.66. The zero-order chi connectivity index (χ0) is 21.1. The van der Waals surface area contributed by atoms with Crippen LogP contribution < -0.4 is 4.74 Å². The topological polar surface area (TPSA) is 143 Å².